The Morgan fingerprint density at radius 2 is 1.62 bits per heavy atom. The van der Waals surface area contributed by atoms with Gasteiger partial charge in [-0.15, -0.1) is 4.91 Å². The lowest BCUT2D eigenvalue weighted by Gasteiger charge is -2.01. The first kappa shape index (κ1) is 19.5. The average molecular weight is 388 g/mol. The van der Waals surface area contributed by atoms with Crippen LogP contribution in [-0.2, 0) is 19.1 Å². The van der Waals surface area contributed by atoms with Crippen LogP contribution < -0.4 is 0 Å². The number of nitroso groups, excluding NO2 is 1. The van der Waals surface area contributed by atoms with Gasteiger partial charge in [0.25, 0.3) is 0 Å². The van der Waals surface area contributed by atoms with Gasteiger partial charge in [0.1, 0.15) is 21.6 Å². The molecule has 9 heteroatoms. The predicted octanol–water partition coefficient (Wildman–Crippen LogP) is 3.57. The summed E-state index contributed by atoms with van der Waals surface area (Å²) in [6.45, 7) is 0. The van der Waals surface area contributed by atoms with Gasteiger partial charge in [0.15, 0.2) is 0 Å². The van der Waals surface area contributed by atoms with Crippen LogP contribution >= 0.6 is 23.5 Å². The minimum absolute atomic E-state index is 0.0285. The van der Waals surface area contributed by atoms with Crippen molar-refractivity contribution in [2.24, 2.45) is 5.18 Å². The highest BCUT2D eigenvalue weighted by molar-refractivity contribution is 8.29. The van der Waals surface area contributed by atoms with Crippen molar-refractivity contribution in [3.8, 4) is 6.07 Å². The third kappa shape index (κ3) is 4.22. The maximum absolute atomic E-state index is 11.9. The fourth-order valence-electron chi connectivity index (χ4n) is 1.91. The molecule has 0 saturated carbocycles. The molecule has 132 valence electrons. The molecule has 1 aliphatic rings. The van der Waals surface area contributed by atoms with Gasteiger partial charge in [-0.05, 0) is 11.3 Å². The van der Waals surface area contributed by atoms with Crippen LogP contribution in [0.1, 0.15) is 5.56 Å². The molecule has 0 amide bonds. The van der Waals surface area contributed by atoms with Gasteiger partial charge in [-0.2, -0.15) is 5.26 Å². The fourth-order valence-corrected chi connectivity index (χ4v) is 4.31. The van der Waals surface area contributed by atoms with Crippen LogP contribution in [0.5, 0.6) is 0 Å². The summed E-state index contributed by atoms with van der Waals surface area (Å²) < 4.78 is 9.68. The molecule has 26 heavy (non-hydrogen) atoms. The van der Waals surface area contributed by atoms with Crippen molar-refractivity contribution >= 4 is 41.2 Å². The molecule has 0 bridgehead atoms. The summed E-state index contributed by atoms with van der Waals surface area (Å²) in [5, 5.41) is 12.4. The minimum Gasteiger partial charge on any atom is -0.465 e. The van der Waals surface area contributed by atoms with E-state index in [1.165, 1.54) is 20.3 Å². The van der Waals surface area contributed by atoms with E-state index in [0.29, 0.717) is 9.80 Å². The molecule has 0 saturated heterocycles. The lowest BCUT2D eigenvalue weighted by molar-refractivity contribution is -0.138. The summed E-state index contributed by atoms with van der Waals surface area (Å²) in [4.78, 5) is 35.0. The third-order valence-electron chi connectivity index (χ3n) is 3.13. The van der Waals surface area contributed by atoms with Crippen molar-refractivity contribution in [2.75, 3.05) is 14.2 Å². The molecular weight excluding hydrogens is 376 g/mol. The Hall–Kier alpha value is -2.83. The van der Waals surface area contributed by atoms with E-state index in [1.54, 1.807) is 30.3 Å². The maximum Gasteiger partial charge on any atom is 0.346 e. The Kier molecular flexibility index (Phi) is 6.77. The first-order chi connectivity index (χ1) is 12.5. The van der Waals surface area contributed by atoms with Crippen LogP contribution in [0.25, 0.3) is 5.70 Å². The zero-order valence-electron chi connectivity index (χ0n) is 13.7. The quantitative estimate of drug-likeness (QED) is 0.428. The molecule has 0 radical (unpaired) electrons. The van der Waals surface area contributed by atoms with Crippen LogP contribution in [-0.4, -0.2) is 26.2 Å². The summed E-state index contributed by atoms with van der Waals surface area (Å²) in [5.74, 6) is -1.42. The van der Waals surface area contributed by atoms with Crippen molar-refractivity contribution in [3.63, 3.8) is 0 Å². The smallest absolute Gasteiger partial charge is 0.346 e. The molecule has 0 aromatic heterocycles. The van der Waals surface area contributed by atoms with Gasteiger partial charge >= 0.3 is 11.9 Å². The standard InChI is InChI=1S/C17H12N2O5S2/c1-23-15(20)13-14(16(21)24-2)26-17(25-13)11(9-18)8-12(19-22)10-6-4-3-5-7-10/h3-8H,1-2H3/b12-8-. The Balaban J connectivity index is 2.47. The molecule has 0 fully saturated rings. The van der Waals surface area contributed by atoms with Crippen LogP contribution in [0.15, 0.2) is 61.2 Å². The first-order valence-corrected chi connectivity index (χ1v) is 8.70. The Labute approximate surface area is 157 Å². The lowest BCUT2D eigenvalue weighted by Crippen LogP contribution is -2.08. The average Bonchev–Trinajstić information content (AvgIpc) is 3.13. The summed E-state index contributed by atoms with van der Waals surface area (Å²) in [6, 6.07) is 10.6. The number of nitrogens with zero attached hydrogens (tertiary/aromatic N) is 2. The van der Waals surface area contributed by atoms with E-state index in [9.17, 15) is 19.8 Å². The number of hydrogen-bond acceptors (Lipinski definition) is 9. The molecule has 1 heterocycles. The molecule has 1 aromatic rings. The van der Waals surface area contributed by atoms with E-state index in [2.05, 4.69) is 14.7 Å². The van der Waals surface area contributed by atoms with Gasteiger partial charge in [0.05, 0.1) is 24.0 Å². The van der Waals surface area contributed by atoms with E-state index >= 15 is 0 Å². The molecule has 1 aromatic carbocycles. The van der Waals surface area contributed by atoms with E-state index in [1.807, 2.05) is 6.07 Å². The lowest BCUT2D eigenvalue weighted by atomic mass is 10.1. The maximum atomic E-state index is 11.9. The topological polar surface area (TPSA) is 106 Å². The second-order valence-corrected chi connectivity index (χ2v) is 6.95. The van der Waals surface area contributed by atoms with Gasteiger partial charge in [-0.25, -0.2) is 9.59 Å². The predicted molar refractivity (Wildman–Crippen MR) is 99.1 cm³/mol. The van der Waals surface area contributed by atoms with Crippen LogP contribution in [0.2, 0.25) is 0 Å². The Morgan fingerprint density at radius 1 is 1.08 bits per heavy atom. The summed E-state index contributed by atoms with van der Waals surface area (Å²) in [5.41, 5.74) is 0.693. The number of esters is 2. The van der Waals surface area contributed by atoms with Crippen LogP contribution in [0, 0.1) is 16.2 Å². The number of hydrogen-bond donors (Lipinski definition) is 0. The largest absolute Gasteiger partial charge is 0.465 e. The van der Waals surface area contributed by atoms with Gasteiger partial charge in [0, 0.05) is 5.56 Å². The molecule has 0 atom stereocenters. The molecule has 0 unspecified atom stereocenters. The highest BCUT2D eigenvalue weighted by Crippen LogP contribution is 2.51. The van der Waals surface area contributed by atoms with Crippen LogP contribution in [0.3, 0.4) is 0 Å². The molecular formula is C17H12N2O5S2. The fraction of sp³-hybridized carbons (Fsp3) is 0.118. The van der Waals surface area contributed by atoms with Crippen molar-refractivity contribution in [1.29, 1.82) is 5.26 Å². The second-order valence-electron chi connectivity index (χ2n) is 4.65. The highest BCUT2D eigenvalue weighted by Gasteiger charge is 2.33. The van der Waals surface area contributed by atoms with Crippen molar-refractivity contribution in [3.05, 3.63) is 66.5 Å². The number of nitriles is 1. The number of rotatable bonds is 5. The molecule has 0 aliphatic carbocycles. The summed E-state index contributed by atoms with van der Waals surface area (Å²) >= 11 is 1.82. The second kappa shape index (κ2) is 9.03. The number of methoxy groups -OCH3 is 2. The Bertz CT molecular complexity index is 852. The number of thioether (sulfide) groups is 2. The monoisotopic (exact) mass is 388 g/mol. The van der Waals surface area contributed by atoms with Crippen molar-refractivity contribution < 1.29 is 19.1 Å². The van der Waals surface area contributed by atoms with E-state index in [4.69, 9.17) is 0 Å². The van der Waals surface area contributed by atoms with E-state index < -0.39 is 11.9 Å². The van der Waals surface area contributed by atoms with Crippen LogP contribution in [0.4, 0.5) is 0 Å². The number of carbonyl (C=O) groups excluding carboxylic acids is 2. The molecule has 7 nitrogen and oxygen atoms in total. The SMILES string of the molecule is COC(=O)C1=C(C(=O)OC)SC(=C(C#N)/C=C(\N=O)c2ccccc2)S1. The zero-order valence-corrected chi connectivity index (χ0v) is 15.3. The minimum atomic E-state index is -0.712. The van der Waals surface area contributed by atoms with Gasteiger partial charge < -0.3 is 9.47 Å². The normalized spacial score (nSPS) is 13.9. The highest BCUT2D eigenvalue weighted by atomic mass is 32.2. The van der Waals surface area contributed by atoms with Gasteiger partial charge in [-0.1, -0.05) is 53.9 Å². The van der Waals surface area contributed by atoms with E-state index in [0.717, 1.165) is 23.5 Å². The van der Waals surface area contributed by atoms with Crippen molar-refractivity contribution in [1.82, 2.24) is 0 Å². The molecule has 0 spiro atoms. The first-order valence-electron chi connectivity index (χ1n) is 7.07. The summed E-state index contributed by atoms with van der Waals surface area (Å²) in [7, 11) is 2.37. The number of carbonyl (C=O) groups is 2. The number of benzene rings is 1. The van der Waals surface area contributed by atoms with Crippen molar-refractivity contribution in [2.45, 2.75) is 0 Å². The number of allylic oxidation sites excluding steroid dienone is 2. The third-order valence-corrected chi connectivity index (χ3v) is 5.72. The zero-order chi connectivity index (χ0) is 19.1. The van der Waals surface area contributed by atoms with E-state index in [-0.39, 0.29) is 21.1 Å². The molecule has 2 rings (SSSR count). The molecule has 0 N–H and O–H groups in total. The molecule has 1 aliphatic heterocycles. The van der Waals surface area contributed by atoms with Gasteiger partial charge in [-0.3, -0.25) is 0 Å². The summed E-state index contributed by atoms with van der Waals surface area (Å²) in [6.07, 6.45) is 1.31. The van der Waals surface area contributed by atoms with Gasteiger partial charge in [0.2, 0.25) is 0 Å². The number of ether oxygens (including phenoxy) is 2. The Morgan fingerprint density at radius 3 is 2.04 bits per heavy atom.